The highest BCUT2D eigenvalue weighted by Crippen LogP contribution is 2.22. The van der Waals surface area contributed by atoms with Crippen LogP contribution in [0.2, 0.25) is 0 Å². The number of halogens is 1. The van der Waals surface area contributed by atoms with E-state index in [-0.39, 0.29) is 36.0 Å². The maximum Gasteiger partial charge on any atom is 0.243 e. The number of thioether (sulfide) groups is 1. The Morgan fingerprint density at radius 1 is 1.10 bits per heavy atom. The Kier molecular flexibility index (Phi) is 8.52. The lowest BCUT2D eigenvalue weighted by Crippen LogP contribution is -2.51. The van der Waals surface area contributed by atoms with Gasteiger partial charge in [-0.25, -0.2) is 4.39 Å². The van der Waals surface area contributed by atoms with Gasteiger partial charge in [-0.1, -0.05) is 49.6 Å². The number of aryl methyl sites for hydroxylation is 1. The van der Waals surface area contributed by atoms with Crippen molar-refractivity contribution in [1.29, 1.82) is 0 Å². The molecule has 1 N–H and O–H groups in total. The summed E-state index contributed by atoms with van der Waals surface area (Å²) in [6, 6.07) is 13.8. The van der Waals surface area contributed by atoms with Crippen molar-refractivity contribution in [2.24, 2.45) is 0 Å². The van der Waals surface area contributed by atoms with Crippen LogP contribution in [0.25, 0.3) is 0 Å². The van der Waals surface area contributed by atoms with Crippen molar-refractivity contribution in [3.63, 3.8) is 0 Å². The van der Waals surface area contributed by atoms with Crippen LogP contribution in [-0.2, 0) is 16.1 Å². The van der Waals surface area contributed by atoms with Crippen molar-refractivity contribution in [2.75, 3.05) is 5.75 Å². The zero-order valence-corrected chi connectivity index (χ0v) is 19.1. The SMILES string of the molecule is CCC(C(=O)NC1CCCC1)N(Cc1ccc(F)cc1)C(=O)CSc1ccc(C)cc1. The minimum atomic E-state index is -0.545. The summed E-state index contributed by atoms with van der Waals surface area (Å²) in [5, 5.41) is 3.14. The highest BCUT2D eigenvalue weighted by Gasteiger charge is 2.30. The summed E-state index contributed by atoms with van der Waals surface area (Å²) >= 11 is 1.47. The smallest absolute Gasteiger partial charge is 0.243 e. The van der Waals surface area contributed by atoms with Crippen LogP contribution in [-0.4, -0.2) is 34.6 Å². The summed E-state index contributed by atoms with van der Waals surface area (Å²) in [6.45, 7) is 4.24. The molecule has 2 amide bonds. The minimum Gasteiger partial charge on any atom is -0.352 e. The first-order valence-corrected chi connectivity index (χ1v) is 12.0. The Hall–Kier alpha value is -2.34. The van der Waals surface area contributed by atoms with Crippen molar-refractivity contribution in [3.8, 4) is 0 Å². The van der Waals surface area contributed by atoms with Crippen LogP contribution in [0.3, 0.4) is 0 Å². The molecule has 0 saturated heterocycles. The number of nitrogens with one attached hydrogen (secondary N) is 1. The average Bonchev–Trinajstić information content (AvgIpc) is 3.27. The molecule has 4 nitrogen and oxygen atoms in total. The van der Waals surface area contributed by atoms with Gasteiger partial charge in [-0.3, -0.25) is 9.59 Å². The summed E-state index contributed by atoms with van der Waals surface area (Å²) < 4.78 is 13.4. The van der Waals surface area contributed by atoms with Gasteiger partial charge >= 0.3 is 0 Å². The molecule has 2 aromatic carbocycles. The van der Waals surface area contributed by atoms with Crippen molar-refractivity contribution in [3.05, 3.63) is 65.5 Å². The van der Waals surface area contributed by atoms with Crippen molar-refractivity contribution in [2.45, 2.75) is 69.5 Å². The molecule has 0 bridgehead atoms. The summed E-state index contributed by atoms with van der Waals surface area (Å²) in [4.78, 5) is 29.0. The lowest BCUT2D eigenvalue weighted by atomic mass is 10.1. The molecule has 166 valence electrons. The van der Waals surface area contributed by atoms with Gasteiger partial charge in [0, 0.05) is 17.5 Å². The lowest BCUT2D eigenvalue weighted by Gasteiger charge is -2.31. The van der Waals surface area contributed by atoms with Crippen molar-refractivity contribution in [1.82, 2.24) is 10.2 Å². The lowest BCUT2D eigenvalue weighted by molar-refractivity contribution is -0.139. The highest BCUT2D eigenvalue weighted by molar-refractivity contribution is 8.00. The molecule has 6 heteroatoms. The fraction of sp³-hybridized carbons (Fsp3) is 0.440. The third kappa shape index (κ3) is 6.82. The molecule has 1 fully saturated rings. The monoisotopic (exact) mass is 442 g/mol. The average molecular weight is 443 g/mol. The van der Waals surface area contributed by atoms with Gasteiger partial charge in [-0.15, -0.1) is 11.8 Å². The molecule has 2 aromatic rings. The van der Waals surface area contributed by atoms with E-state index in [1.807, 2.05) is 38.1 Å². The molecule has 31 heavy (non-hydrogen) atoms. The van der Waals surface area contributed by atoms with E-state index >= 15 is 0 Å². The van der Waals surface area contributed by atoms with Gasteiger partial charge in [0.25, 0.3) is 0 Å². The second kappa shape index (κ2) is 11.3. The highest BCUT2D eigenvalue weighted by atomic mass is 32.2. The normalized spacial score (nSPS) is 14.9. The fourth-order valence-corrected chi connectivity index (χ4v) is 4.72. The molecule has 0 aromatic heterocycles. The first-order chi connectivity index (χ1) is 15.0. The molecule has 0 spiro atoms. The number of benzene rings is 2. The number of nitrogens with zero attached hydrogens (tertiary/aromatic N) is 1. The maximum absolute atomic E-state index is 13.4. The van der Waals surface area contributed by atoms with Crippen LogP contribution < -0.4 is 5.32 Å². The van der Waals surface area contributed by atoms with E-state index in [0.29, 0.717) is 6.42 Å². The number of hydrogen-bond acceptors (Lipinski definition) is 3. The molecule has 0 radical (unpaired) electrons. The van der Waals surface area contributed by atoms with E-state index in [1.54, 1.807) is 17.0 Å². The van der Waals surface area contributed by atoms with Gasteiger partial charge in [0.05, 0.1) is 5.75 Å². The van der Waals surface area contributed by atoms with Crippen molar-refractivity contribution < 1.29 is 14.0 Å². The van der Waals surface area contributed by atoms with Gasteiger partial charge in [0.15, 0.2) is 0 Å². The minimum absolute atomic E-state index is 0.0924. The molecular formula is C25H31FN2O2S. The summed E-state index contributed by atoms with van der Waals surface area (Å²) in [5.74, 6) is -0.256. The molecule has 0 heterocycles. The number of carbonyl (C=O) groups excluding carboxylic acids is 2. The second-order valence-electron chi connectivity index (χ2n) is 8.16. The van der Waals surface area contributed by atoms with Crippen LogP contribution in [0.15, 0.2) is 53.4 Å². The van der Waals surface area contributed by atoms with Gasteiger partial charge in [-0.05, 0) is 56.0 Å². The first kappa shape index (κ1) is 23.3. The van der Waals surface area contributed by atoms with E-state index in [1.165, 1.54) is 29.5 Å². The third-order valence-electron chi connectivity index (χ3n) is 5.74. The van der Waals surface area contributed by atoms with E-state index in [0.717, 1.165) is 36.1 Å². The van der Waals surface area contributed by atoms with Crippen molar-refractivity contribution >= 4 is 23.6 Å². The van der Waals surface area contributed by atoms with E-state index in [4.69, 9.17) is 0 Å². The standard InChI is InChI=1S/C25H31FN2O2S/c1-3-23(25(30)27-21-6-4-5-7-21)28(16-19-10-12-20(26)13-11-19)24(29)17-31-22-14-8-18(2)9-15-22/h8-15,21,23H,3-7,16-17H2,1-2H3,(H,27,30). The molecule has 1 unspecified atom stereocenters. The van der Waals surface area contributed by atoms with Gasteiger partial charge in [0.2, 0.25) is 11.8 Å². The predicted octanol–water partition coefficient (Wildman–Crippen LogP) is 5.09. The fourth-order valence-electron chi connectivity index (χ4n) is 3.94. The summed E-state index contributed by atoms with van der Waals surface area (Å²) in [6.07, 6.45) is 4.79. The van der Waals surface area contributed by atoms with E-state index in [2.05, 4.69) is 5.32 Å². The van der Waals surface area contributed by atoms with Gasteiger partial charge in [0.1, 0.15) is 11.9 Å². The quantitative estimate of drug-likeness (QED) is 0.550. The Bertz CT molecular complexity index is 864. The van der Waals surface area contributed by atoms with Gasteiger partial charge < -0.3 is 10.2 Å². The van der Waals surface area contributed by atoms with Crippen LogP contribution in [0.5, 0.6) is 0 Å². The topological polar surface area (TPSA) is 49.4 Å². The second-order valence-corrected chi connectivity index (χ2v) is 9.21. The van der Waals surface area contributed by atoms with Gasteiger partial charge in [-0.2, -0.15) is 0 Å². The number of carbonyl (C=O) groups is 2. The molecular weight excluding hydrogens is 411 g/mol. The van der Waals surface area contributed by atoms with E-state index in [9.17, 15) is 14.0 Å². The molecule has 1 aliphatic carbocycles. The molecule has 0 aliphatic heterocycles. The Balaban J connectivity index is 1.74. The molecule has 1 aliphatic rings. The molecule has 1 atom stereocenters. The Labute approximate surface area is 188 Å². The molecule has 1 saturated carbocycles. The Morgan fingerprint density at radius 2 is 1.74 bits per heavy atom. The third-order valence-corrected chi connectivity index (χ3v) is 6.73. The number of hydrogen-bond donors (Lipinski definition) is 1. The van der Waals surface area contributed by atoms with E-state index < -0.39 is 6.04 Å². The van der Waals surface area contributed by atoms with Crippen LogP contribution >= 0.6 is 11.8 Å². The zero-order chi connectivity index (χ0) is 22.2. The molecule has 3 rings (SSSR count). The number of amides is 2. The zero-order valence-electron chi connectivity index (χ0n) is 18.3. The summed E-state index contributed by atoms with van der Waals surface area (Å²) in [7, 11) is 0. The summed E-state index contributed by atoms with van der Waals surface area (Å²) in [5.41, 5.74) is 1.98. The van der Waals surface area contributed by atoms with Crippen LogP contribution in [0.1, 0.15) is 50.2 Å². The first-order valence-electron chi connectivity index (χ1n) is 11.0. The van der Waals surface area contributed by atoms with Crippen LogP contribution in [0, 0.1) is 12.7 Å². The van der Waals surface area contributed by atoms with Crippen LogP contribution in [0.4, 0.5) is 4.39 Å². The largest absolute Gasteiger partial charge is 0.352 e. The number of rotatable bonds is 9. The predicted molar refractivity (Wildman–Crippen MR) is 123 cm³/mol. The maximum atomic E-state index is 13.4. The Morgan fingerprint density at radius 3 is 2.35 bits per heavy atom.